The molecule has 0 saturated heterocycles. The number of anilines is 1. The summed E-state index contributed by atoms with van der Waals surface area (Å²) in [6, 6.07) is 4.27. The van der Waals surface area contributed by atoms with Crippen molar-refractivity contribution in [1.29, 1.82) is 0 Å². The van der Waals surface area contributed by atoms with Gasteiger partial charge in [0.05, 0.1) is 0 Å². The van der Waals surface area contributed by atoms with Gasteiger partial charge in [-0.05, 0) is 24.6 Å². The molecule has 74 valence electrons. The van der Waals surface area contributed by atoms with Crippen LogP contribution in [0.5, 0.6) is 0 Å². The summed E-state index contributed by atoms with van der Waals surface area (Å²) in [6.45, 7) is 1.80. The highest BCUT2D eigenvalue weighted by Gasteiger charge is 1.97. The van der Waals surface area contributed by atoms with Gasteiger partial charge in [0.2, 0.25) is 0 Å². The number of hydrogen-bond donors (Lipinski definition) is 2. The second-order valence-corrected chi connectivity index (χ2v) is 2.78. The van der Waals surface area contributed by atoms with Crippen molar-refractivity contribution in [2.45, 2.75) is 6.92 Å². The fraction of sp³-hybridized carbons (Fsp3) is 0.100. The number of nitrogens with one attached hydrogen (secondary N) is 1. The highest BCUT2D eigenvalue weighted by Crippen LogP contribution is 2.15. The molecule has 0 bridgehead atoms. The van der Waals surface area contributed by atoms with Crippen molar-refractivity contribution in [2.75, 3.05) is 5.32 Å². The summed E-state index contributed by atoms with van der Waals surface area (Å²) in [4.78, 5) is 10.1. The number of aryl methyl sites for hydroxylation is 1. The number of halogens is 1. The van der Waals surface area contributed by atoms with E-state index >= 15 is 0 Å². The molecule has 0 aromatic heterocycles. The molecule has 4 heteroatoms. The van der Waals surface area contributed by atoms with Crippen molar-refractivity contribution in [3.05, 3.63) is 41.9 Å². The van der Waals surface area contributed by atoms with Crippen molar-refractivity contribution in [1.82, 2.24) is 0 Å². The van der Waals surface area contributed by atoms with Crippen LogP contribution in [0.4, 0.5) is 10.1 Å². The number of hydrogen-bond acceptors (Lipinski definition) is 2. The Morgan fingerprint density at radius 3 is 2.93 bits per heavy atom. The summed E-state index contributed by atoms with van der Waals surface area (Å²) in [7, 11) is 0. The summed E-state index contributed by atoms with van der Waals surface area (Å²) in [5.41, 5.74) is 1.41. The van der Waals surface area contributed by atoms with Crippen molar-refractivity contribution < 1.29 is 14.3 Å². The van der Waals surface area contributed by atoms with Crippen LogP contribution in [0.25, 0.3) is 0 Å². The Hall–Kier alpha value is -1.84. The maximum atomic E-state index is 12.8. The van der Waals surface area contributed by atoms with Gasteiger partial charge in [-0.2, -0.15) is 0 Å². The lowest BCUT2D eigenvalue weighted by Gasteiger charge is -2.04. The molecule has 0 aliphatic rings. The van der Waals surface area contributed by atoms with Gasteiger partial charge >= 0.3 is 5.97 Å². The molecule has 1 aromatic rings. The third-order valence-electron chi connectivity index (χ3n) is 1.66. The lowest BCUT2D eigenvalue weighted by Crippen LogP contribution is -1.94. The summed E-state index contributed by atoms with van der Waals surface area (Å²) in [6.07, 6.45) is 2.20. The topological polar surface area (TPSA) is 49.3 Å². The molecule has 0 fully saturated rings. The number of carboxylic acid groups (broad SMARTS) is 1. The van der Waals surface area contributed by atoms with E-state index in [1.165, 1.54) is 18.3 Å². The molecule has 0 saturated carbocycles. The van der Waals surface area contributed by atoms with Gasteiger partial charge < -0.3 is 10.4 Å². The van der Waals surface area contributed by atoms with E-state index in [4.69, 9.17) is 5.11 Å². The van der Waals surface area contributed by atoms with Crippen LogP contribution >= 0.6 is 0 Å². The highest BCUT2D eigenvalue weighted by molar-refractivity contribution is 5.80. The fourth-order valence-electron chi connectivity index (χ4n) is 0.952. The summed E-state index contributed by atoms with van der Waals surface area (Å²) in [5.74, 6) is -1.41. The number of rotatable bonds is 3. The van der Waals surface area contributed by atoms with E-state index in [-0.39, 0.29) is 5.82 Å². The third-order valence-corrected chi connectivity index (χ3v) is 1.66. The Morgan fingerprint density at radius 2 is 2.29 bits per heavy atom. The van der Waals surface area contributed by atoms with E-state index in [2.05, 4.69) is 5.32 Å². The normalized spacial score (nSPS) is 10.4. The molecule has 0 atom stereocenters. The first-order valence-electron chi connectivity index (χ1n) is 4.02. The van der Waals surface area contributed by atoms with E-state index < -0.39 is 5.97 Å². The van der Waals surface area contributed by atoms with Gasteiger partial charge in [-0.1, -0.05) is 6.07 Å². The smallest absolute Gasteiger partial charge is 0.329 e. The Balaban J connectivity index is 2.76. The Labute approximate surface area is 80.9 Å². The SMILES string of the molecule is Cc1ccc(F)cc1N/C=C/C(=O)O. The zero-order valence-electron chi connectivity index (χ0n) is 7.62. The zero-order valence-corrected chi connectivity index (χ0v) is 7.62. The third kappa shape index (κ3) is 2.90. The van der Waals surface area contributed by atoms with E-state index in [9.17, 15) is 9.18 Å². The van der Waals surface area contributed by atoms with Crippen LogP contribution in [0.1, 0.15) is 5.56 Å². The largest absolute Gasteiger partial charge is 0.478 e. The first-order valence-corrected chi connectivity index (χ1v) is 4.02. The average Bonchev–Trinajstić information content (AvgIpc) is 2.10. The number of carbonyl (C=O) groups is 1. The molecule has 0 aliphatic carbocycles. The Bertz CT molecular complexity index is 374. The summed E-state index contributed by atoms with van der Waals surface area (Å²) < 4.78 is 12.8. The highest BCUT2D eigenvalue weighted by atomic mass is 19.1. The van der Waals surface area contributed by atoms with E-state index in [0.29, 0.717) is 5.69 Å². The molecule has 2 N–H and O–H groups in total. The monoisotopic (exact) mass is 195 g/mol. The van der Waals surface area contributed by atoms with Gasteiger partial charge in [0.25, 0.3) is 0 Å². The van der Waals surface area contributed by atoms with E-state index in [1.54, 1.807) is 13.0 Å². The van der Waals surface area contributed by atoms with Gasteiger partial charge in [-0.25, -0.2) is 9.18 Å². The van der Waals surface area contributed by atoms with Crippen molar-refractivity contribution >= 4 is 11.7 Å². The van der Waals surface area contributed by atoms with Crippen LogP contribution in [0.3, 0.4) is 0 Å². The molecule has 0 radical (unpaired) electrons. The minimum atomic E-state index is -1.05. The Morgan fingerprint density at radius 1 is 1.57 bits per heavy atom. The van der Waals surface area contributed by atoms with Crippen LogP contribution in [-0.4, -0.2) is 11.1 Å². The fourth-order valence-corrected chi connectivity index (χ4v) is 0.952. The van der Waals surface area contributed by atoms with Gasteiger partial charge in [0.1, 0.15) is 5.82 Å². The molecular weight excluding hydrogens is 185 g/mol. The molecule has 1 rings (SSSR count). The zero-order chi connectivity index (χ0) is 10.6. The standard InChI is InChI=1S/C10H10FNO2/c1-7-2-3-8(11)6-9(7)12-5-4-10(13)14/h2-6,12H,1H3,(H,13,14)/b5-4+. The van der Waals surface area contributed by atoms with E-state index in [1.807, 2.05) is 0 Å². The van der Waals surface area contributed by atoms with Gasteiger partial charge in [0.15, 0.2) is 0 Å². The number of aliphatic carboxylic acids is 1. The first kappa shape index (κ1) is 10.2. The average molecular weight is 195 g/mol. The molecule has 0 amide bonds. The van der Waals surface area contributed by atoms with Gasteiger partial charge in [-0.3, -0.25) is 0 Å². The quantitative estimate of drug-likeness (QED) is 0.726. The predicted octanol–water partition coefficient (Wildman–Crippen LogP) is 2.14. The molecule has 0 spiro atoms. The number of benzene rings is 1. The molecule has 14 heavy (non-hydrogen) atoms. The lowest BCUT2D eigenvalue weighted by molar-refractivity contribution is -0.131. The Kier molecular flexibility index (Phi) is 3.23. The lowest BCUT2D eigenvalue weighted by atomic mass is 10.2. The van der Waals surface area contributed by atoms with Gasteiger partial charge in [0, 0.05) is 18.0 Å². The van der Waals surface area contributed by atoms with Crippen LogP contribution < -0.4 is 5.32 Å². The minimum Gasteiger partial charge on any atom is -0.478 e. The van der Waals surface area contributed by atoms with Crippen LogP contribution in [0, 0.1) is 12.7 Å². The molecular formula is C10H10FNO2. The molecule has 0 unspecified atom stereocenters. The summed E-state index contributed by atoms with van der Waals surface area (Å²) >= 11 is 0. The maximum Gasteiger partial charge on any atom is 0.329 e. The van der Waals surface area contributed by atoms with Crippen LogP contribution in [0.15, 0.2) is 30.5 Å². The second kappa shape index (κ2) is 4.41. The molecule has 0 heterocycles. The molecule has 0 aliphatic heterocycles. The van der Waals surface area contributed by atoms with Gasteiger partial charge in [-0.15, -0.1) is 0 Å². The van der Waals surface area contributed by atoms with Crippen molar-refractivity contribution in [3.8, 4) is 0 Å². The number of carboxylic acids is 1. The first-order chi connectivity index (χ1) is 6.59. The molecule has 3 nitrogen and oxygen atoms in total. The van der Waals surface area contributed by atoms with Crippen molar-refractivity contribution in [2.24, 2.45) is 0 Å². The summed E-state index contributed by atoms with van der Waals surface area (Å²) in [5, 5.41) is 11.0. The van der Waals surface area contributed by atoms with Crippen molar-refractivity contribution in [3.63, 3.8) is 0 Å². The minimum absolute atomic E-state index is 0.359. The van der Waals surface area contributed by atoms with Crippen LogP contribution in [-0.2, 0) is 4.79 Å². The van der Waals surface area contributed by atoms with E-state index in [0.717, 1.165) is 11.6 Å². The maximum absolute atomic E-state index is 12.8. The van der Waals surface area contributed by atoms with Crippen LogP contribution in [0.2, 0.25) is 0 Å². The molecule has 1 aromatic carbocycles. The predicted molar refractivity (Wildman–Crippen MR) is 51.5 cm³/mol. The second-order valence-electron chi connectivity index (χ2n) is 2.78.